The van der Waals surface area contributed by atoms with Crippen molar-refractivity contribution in [3.05, 3.63) is 41.4 Å². The number of nitrogens with two attached hydrogens (primary N) is 1. The van der Waals surface area contributed by atoms with Crippen molar-refractivity contribution in [2.75, 3.05) is 5.73 Å². The topological polar surface area (TPSA) is 78.8 Å². The molecule has 0 aliphatic carbocycles. The molecule has 0 saturated carbocycles. The summed E-state index contributed by atoms with van der Waals surface area (Å²) in [6.45, 7) is 0.370. The minimum atomic E-state index is 0.370. The fourth-order valence-electron chi connectivity index (χ4n) is 2.44. The zero-order chi connectivity index (χ0) is 14.4. The minimum absolute atomic E-state index is 0.370. The Labute approximate surface area is 128 Å². The fraction of sp³-hybridized carbons (Fsp3) is 0.0714. The summed E-state index contributed by atoms with van der Waals surface area (Å²) < 4.78 is 8.43. The van der Waals surface area contributed by atoms with E-state index in [9.17, 15) is 0 Å². The maximum Gasteiger partial charge on any atom is 0.167 e. The van der Waals surface area contributed by atoms with Crippen LogP contribution in [0.15, 0.2) is 41.4 Å². The van der Waals surface area contributed by atoms with Gasteiger partial charge in [0.2, 0.25) is 0 Å². The van der Waals surface area contributed by atoms with E-state index in [0.29, 0.717) is 17.2 Å². The third-order valence-electron chi connectivity index (χ3n) is 3.39. The molecule has 4 heterocycles. The molecule has 0 bridgehead atoms. The standard InChI is InChI=1S/C14H10BrN5O/c15-12-11(8-2-1-4-18-13(8)16)20-7-21-10-3-5-17-6-9(10)14(20)19-12/h1-6H,7H2,(H2,16,18). The average Bonchev–Trinajstić information content (AvgIpc) is 2.84. The normalized spacial score (nSPS) is 12.4. The highest BCUT2D eigenvalue weighted by Crippen LogP contribution is 2.40. The molecule has 1 aliphatic heterocycles. The predicted molar refractivity (Wildman–Crippen MR) is 81.4 cm³/mol. The second kappa shape index (κ2) is 4.56. The van der Waals surface area contributed by atoms with Crippen molar-refractivity contribution in [3.8, 4) is 28.4 Å². The van der Waals surface area contributed by atoms with Gasteiger partial charge in [0.15, 0.2) is 6.73 Å². The smallest absolute Gasteiger partial charge is 0.167 e. The molecule has 0 spiro atoms. The summed E-state index contributed by atoms with van der Waals surface area (Å²) in [6, 6.07) is 5.59. The van der Waals surface area contributed by atoms with E-state index in [4.69, 9.17) is 10.5 Å². The maximum absolute atomic E-state index is 5.98. The maximum atomic E-state index is 5.98. The number of pyridine rings is 2. The van der Waals surface area contributed by atoms with Gasteiger partial charge in [-0.25, -0.2) is 9.97 Å². The van der Waals surface area contributed by atoms with Crippen molar-refractivity contribution in [1.82, 2.24) is 19.5 Å². The largest absolute Gasteiger partial charge is 0.472 e. The van der Waals surface area contributed by atoms with Gasteiger partial charge in [0, 0.05) is 24.2 Å². The van der Waals surface area contributed by atoms with Gasteiger partial charge in [0.25, 0.3) is 0 Å². The van der Waals surface area contributed by atoms with E-state index in [-0.39, 0.29) is 0 Å². The van der Waals surface area contributed by atoms with Crippen LogP contribution in [0.4, 0.5) is 5.82 Å². The molecule has 7 heteroatoms. The highest BCUT2D eigenvalue weighted by molar-refractivity contribution is 9.10. The van der Waals surface area contributed by atoms with E-state index in [0.717, 1.165) is 28.4 Å². The van der Waals surface area contributed by atoms with Crippen LogP contribution in [-0.2, 0) is 6.73 Å². The first kappa shape index (κ1) is 12.3. The van der Waals surface area contributed by atoms with Crippen LogP contribution < -0.4 is 10.5 Å². The molecule has 1 aliphatic rings. The lowest BCUT2D eigenvalue weighted by Gasteiger charge is -2.20. The summed E-state index contributed by atoms with van der Waals surface area (Å²) in [5.41, 5.74) is 8.51. The zero-order valence-corrected chi connectivity index (χ0v) is 12.4. The summed E-state index contributed by atoms with van der Waals surface area (Å²) in [6.07, 6.45) is 5.11. The molecule has 0 unspecified atom stereocenters. The lowest BCUT2D eigenvalue weighted by atomic mass is 10.2. The molecule has 2 N–H and O–H groups in total. The molecule has 21 heavy (non-hydrogen) atoms. The number of anilines is 1. The van der Waals surface area contributed by atoms with E-state index in [1.54, 1.807) is 18.6 Å². The van der Waals surface area contributed by atoms with Crippen molar-refractivity contribution < 1.29 is 4.74 Å². The Balaban J connectivity index is 1.98. The van der Waals surface area contributed by atoms with E-state index in [1.165, 1.54) is 0 Å². The summed E-state index contributed by atoms with van der Waals surface area (Å²) in [5.74, 6) is 2.04. The third-order valence-corrected chi connectivity index (χ3v) is 3.94. The molecule has 0 fully saturated rings. The first-order valence-electron chi connectivity index (χ1n) is 6.30. The van der Waals surface area contributed by atoms with Gasteiger partial charge in [-0.1, -0.05) is 0 Å². The number of hydrogen-bond donors (Lipinski definition) is 1. The van der Waals surface area contributed by atoms with Crippen molar-refractivity contribution in [3.63, 3.8) is 0 Å². The number of fused-ring (bicyclic) bond motifs is 3. The Bertz CT molecular complexity index is 845. The molecule has 3 aromatic rings. The summed E-state index contributed by atoms with van der Waals surface area (Å²) >= 11 is 3.51. The Hall–Kier alpha value is -2.41. The molecular weight excluding hydrogens is 334 g/mol. The Morgan fingerprint density at radius 3 is 3.00 bits per heavy atom. The zero-order valence-electron chi connectivity index (χ0n) is 10.8. The van der Waals surface area contributed by atoms with Crippen molar-refractivity contribution in [2.45, 2.75) is 6.73 Å². The molecule has 0 radical (unpaired) electrons. The predicted octanol–water partition coefficient (Wildman–Crippen LogP) is 2.70. The van der Waals surface area contributed by atoms with Gasteiger partial charge in [0.1, 0.15) is 22.0 Å². The van der Waals surface area contributed by atoms with Crippen molar-refractivity contribution in [2.24, 2.45) is 0 Å². The molecule has 104 valence electrons. The van der Waals surface area contributed by atoms with Crippen LogP contribution in [-0.4, -0.2) is 19.5 Å². The monoisotopic (exact) mass is 343 g/mol. The van der Waals surface area contributed by atoms with Gasteiger partial charge in [-0.3, -0.25) is 9.55 Å². The first-order valence-corrected chi connectivity index (χ1v) is 7.09. The molecule has 3 aromatic heterocycles. The SMILES string of the molecule is Nc1ncccc1-c1c(Br)nc2n1COc1ccncc1-2. The van der Waals surface area contributed by atoms with Gasteiger partial charge in [-0.15, -0.1) is 0 Å². The van der Waals surface area contributed by atoms with Gasteiger partial charge in [0.05, 0.1) is 11.3 Å². The van der Waals surface area contributed by atoms with Gasteiger partial charge < -0.3 is 10.5 Å². The number of nitrogen functional groups attached to an aromatic ring is 1. The third kappa shape index (κ3) is 1.81. The number of hydrogen-bond acceptors (Lipinski definition) is 5. The van der Waals surface area contributed by atoms with E-state index < -0.39 is 0 Å². The molecule has 0 aromatic carbocycles. The number of halogens is 1. The summed E-state index contributed by atoms with van der Waals surface area (Å²) in [5, 5.41) is 0. The first-order chi connectivity index (χ1) is 10.3. The Kier molecular flexibility index (Phi) is 2.68. The number of ether oxygens (including phenoxy) is 1. The highest BCUT2D eigenvalue weighted by atomic mass is 79.9. The van der Waals surface area contributed by atoms with Gasteiger partial charge in [-0.2, -0.15) is 0 Å². The quantitative estimate of drug-likeness (QED) is 0.734. The van der Waals surface area contributed by atoms with E-state index in [2.05, 4.69) is 30.9 Å². The molecular formula is C14H10BrN5O. The number of rotatable bonds is 1. The minimum Gasteiger partial charge on any atom is -0.472 e. The fourth-order valence-corrected chi connectivity index (χ4v) is 3.03. The highest BCUT2D eigenvalue weighted by Gasteiger charge is 2.25. The van der Waals surface area contributed by atoms with Crippen molar-refractivity contribution >= 4 is 21.7 Å². The lowest BCUT2D eigenvalue weighted by Crippen LogP contribution is -2.14. The van der Waals surface area contributed by atoms with Crippen LogP contribution in [0.25, 0.3) is 22.6 Å². The average molecular weight is 344 g/mol. The number of imidazole rings is 1. The van der Waals surface area contributed by atoms with Gasteiger partial charge >= 0.3 is 0 Å². The second-order valence-corrected chi connectivity index (χ2v) is 5.34. The summed E-state index contributed by atoms with van der Waals surface area (Å²) in [7, 11) is 0. The number of aromatic nitrogens is 4. The molecule has 4 rings (SSSR count). The van der Waals surface area contributed by atoms with Crippen molar-refractivity contribution in [1.29, 1.82) is 0 Å². The van der Waals surface area contributed by atoms with Crippen LogP contribution >= 0.6 is 15.9 Å². The lowest BCUT2D eigenvalue weighted by molar-refractivity contribution is 0.231. The molecule has 0 atom stereocenters. The Morgan fingerprint density at radius 1 is 1.24 bits per heavy atom. The second-order valence-electron chi connectivity index (χ2n) is 4.58. The van der Waals surface area contributed by atoms with Crippen LogP contribution in [0.5, 0.6) is 5.75 Å². The van der Waals surface area contributed by atoms with Crippen LogP contribution in [0.2, 0.25) is 0 Å². The van der Waals surface area contributed by atoms with Crippen LogP contribution in [0.3, 0.4) is 0 Å². The van der Waals surface area contributed by atoms with Crippen LogP contribution in [0, 0.1) is 0 Å². The van der Waals surface area contributed by atoms with E-state index >= 15 is 0 Å². The molecule has 0 amide bonds. The van der Waals surface area contributed by atoms with E-state index in [1.807, 2.05) is 22.8 Å². The number of nitrogens with zero attached hydrogens (tertiary/aromatic N) is 4. The van der Waals surface area contributed by atoms with Gasteiger partial charge in [-0.05, 0) is 34.1 Å². The Morgan fingerprint density at radius 2 is 2.14 bits per heavy atom. The molecule has 6 nitrogen and oxygen atoms in total. The summed E-state index contributed by atoms with van der Waals surface area (Å²) in [4.78, 5) is 12.9. The molecule has 0 saturated heterocycles. The van der Waals surface area contributed by atoms with Crippen LogP contribution in [0.1, 0.15) is 0 Å².